The second kappa shape index (κ2) is 10.8. The first kappa shape index (κ1) is 29.5. The normalized spacial score (nSPS) is 15.8. The molecular formula is C28H30B2ClF2N5O2. The van der Waals surface area contributed by atoms with Crippen molar-refractivity contribution in [1.29, 1.82) is 0 Å². The van der Waals surface area contributed by atoms with Gasteiger partial charge in [0.1, 0.15) is 27.2 Å². The summed E-state index contributed by atoms with van der Waals surface area (Å²) in [6.07, 6.45) is 9.36. The standard InChI is InChI=1S/C28H30B2ClF2N5O2/c1-6-16(4)7-8-18(32)11-20-19(31)12-21-24(36-20)37(23-17(5)9-10-35-22(23)15(2)3)25(39)26(40)38(21)28(29,30)27(33)13-34-14-27/h1,7-10,12,15,34H,11,13-14,29-30H2,2-5H3/b16-7-,18-8+. The number of allylic oxidation sites excluding steroid dienone is 4. The Balaban J connectivity index is 2.13. The van der Waals surface area contributed by atoms with Gasteiger partial charge in [-0.1, -0.05) is 31.4 Å². The molecule has 206 valence electrons. The van der Waals surface area contributed by atoms with Gasteiger partial charge in [-0.15, -0.1) is 6.42 Å². The minimum absolute atomic E-state index is 0.00999. The van der Waals surface area contributed by atoms with E-state index in [4.69, 9.17) is 18.0 Å². The Morgan fingerprint density at radius 1 is 1.32 bits per heavy atom. The lowest BCUT2D eigenvalue weighted by molar-refractivity contribution is 0.0435. The summed E-state index contributed by atoms with van der Waals surface area (Å²) in [5.41, 5.74) is -1.12. The largest absolute Gasteiger partial charge is 0.322 e. The van der Waals surface area contributed by atoms with Crippen molar-refractivity contribution in [3.05, 3.63) is 84.6 Å². The van der Waals surface area contributed by atoms with Crippen LogP contribution in [0.1, 0.15) is 43.6 Å². The Hall–Kier alpha value is -3.48. The van der Waals surface area contributed by atoms with Gasteiger partial charge in [0.15, 0.2) is 5.65 Å². The number of terminal acetylenes is 1. The van der Waals surface area contributed by atoms with E-state index < -0.39 is 28.0 Å². The molecule has 0 aliphatic carbocycles. The van der Waals surface area contributed by atoms with E-state index >= 15 is 4.39 Å². The van der Waals surface area contributed by atoms with Gasteiger partial charge in [-0.3, -0.25) is 19.1 Å². The molecule has 3 aromatic rings. The van der Waals surface area contributed by atoms with Crippen LogP contribution in [0.3, 0.4) is 0 Å². The summed E-state index contributed by atoms with van der Waals surface area (Å²) in [6, 6.07) is 3.18. The summed E-state index contributed by atoms with van der Waals surface area (Å²) < 4.78 is 33.2. The topological polar surface area (TPSA) is 81.8 Å². The highest BCUT2D eigenvalue weighted by molar-refractivity contribution is 6.39. The third kappa shape index (κ3) is 4.95. The molecule has 0 saturated carbocycles. The average Bonchev–Trinajstić information content (AvgIpc) is 2.87. The highest BCUT2D eigenvalue weighted by Gasteiger charge is 2.52. The number of hydrogen-bond donors (Lipinski definition) is 1. The van der Waals surface area contributed by atoms with Crippen molar-refractivity contribution in [2.24, 2.45) is 0 Å². The molecule has 0 amide bonds. The van der Waals surface area contributed by atoms with Crippen LogP contribution < -0.4 is 16.4 Å². The van der Waals surface area contributed by atoms with Crippen LogP contribution in [0.2, 0.25) is 5.02 Å². The molecule has 7 nitrogen and oxygen atoms in total. The molecule has 0 bridgehead atoms. The third-order valence-corrected chi connectivity index (χ3v) is 7.85. The van der Waals surface area contributed by atoms with Crippen LogP contribution in [-0.4, -0.2) is 53.6 Å². The lowest BCUT2D eigenvalue weighted by atomic mass is 9.51. The van der Waals surface area contributed by atoms with Gasteiger partial charge in [0, 0.05) is 31.0 Å². The highest BCUT2D eigenvalue weighted by atomic mass is 35.5. The smallest absolute Gasteiger partial charge is 0.310 e. The van der Waals surface area contributed by atoms with E-state index in [0.29, 0.717) is 22.5 Å². The number of fused-ring (bicyclic) bond motifs is 1. The average molecular weight is 564 g/mol. The number of rotatable bonds is 7. The van der Waals surface area contributed by atoms with Gasteiger partial charge in [-0.2, -0.15) is 0 Å². The molecule has 1 saturated heterocycles. The second-order valence-corrected chi connectivity index (χ2v) is 11.4. The van der Waals surface area contributed by atoms with Crippen LogP contribution in [0.25, 0.3) is 16.9 Å². The van der Waals surface area contributed by atoms with E-state index in [0.717, 1.165) is 4.57 Å². The van der Waals surface area contributed by atoms with E-state index in [2.05, 4.69) is 21.2 Å². The van der Waals surface area contributed by atoms with Crippen molar-refractivity contribution >= 4 is 38.5 Å². The molecular weight excluding hydrogens is 533 g/mol. The van der Waals surface area contributed by atoms with Gasteiger partial charge < -0.3 is 9.88 Å². The Morgan fingerprint density at radius 3 is 2.58 bits per heavy atom. The minimum Gasteiger partial charge on any atom is -0.310 e. The molecule has 0 radical (unpaired) electrons. The highest BCUT2D eigenvalue weighted by Crippen LogP contribution is 2.35. The van der Waals surface area contributed by atoms with E-state index in [1.807, 2.05) is 13.8 Å². The maximum atomic E-state index is 15.9. The summed E-state index contributed by atoms with van der Waals surface area (Å²) in [6.45, 7) is 7.32. The Kier molecular flexibility index (Phi) is 7.99. The zero-order chi connectivity index (χ0) is 29.6. The fourth-order valence-corrected chi connectivity index (χ4v) is 5.08. The Bertz CT molecular complexity index is 1730. The van der Waals surface area contributed by atoms with Crippen molar-refractivity contribution in [1.82, 2.24) is 24.4 Å². The number of halogens is 3. The first-order chi connectivity index (χ1) is 18.7. The molecule has 1 N–H and O–H groups in total. The third-order valence-electron chi connectivity index (χ3n) is 7.52. The van der Waals surface area contributed by atoms with Gasteiger partial charge >= 0.3 is 11.1 Å². The van der Waals surface area contributed by atoms with E-state index in [9.17, 15) is 14.0 Å². The summed E-state index contributed by atoms with van der Waals surface area (Å²) in [7, 11) is 3.13. The number of nitrogens with zero attached hydrogens (tertiary/aromatic N) is 4. The SMILES string of the molecule is BC(B)(n1c(=O)c(=O)n(-c2c(C)ccnc2C(C)C)c2nc(C/C(F)=C\C=C(\C)C#C)c(Cl)cc21)C1(F)CNC1. The van der Waals surface area contributed by atoms with Crippen LogP contribution in [0.15, 0.2) is 51.5 Å². The van der Waals surface area contributed by atoms with E-state index in [1.54, 1.807) is 41.8 Å². The minimum atomic E-state index is -1.81. The van der Waals surface area contributed by atoms with Gasteiger partial charge in [0.05, 0.1) is 27.6 Å². The van der Waals surface area contributed by atoms with Crippen molar-refractivity contribution in [2.45, 2.75) is 51.0 Å². The maximum Gasteiger partial charge on any atom is 0.322 e. The molecule has 0 spiro atoms. The van der Waals surface area contributed by atoms with Gasteiger partial charge in [-0.25, -0.2) is 13.8 Å². The number of nitrogens with one attached hydrogen (secondary N) is 1. The molecule has 0 aromatic carbocycles. The van der Waals surface area contributed by atoms with Gasteiger partial charge in [0.2, 0.25) is 0 Å². The van der Waals surface area contributed by atoms with Crippen LogP contribution in [0.4, 0.5) is 8.78 Å². The number of alkyl halides is 1. The lowest BCUT2D eigenvalue weighted by Crippen LogP contribution is -2.72. The monoisotopic (exact) mass is 563 g/mol. The Morgan fingerprint density at radius 2 is 2.00 bits per heavy atom. The predicted octanol–water partition coefficient (Wildman–Crippen LogP) is 2.19. The molecule has 4 rings (SSSR count). The summed E-state index contributed by atoms with van der Waals surface area (Å²) in [4.78, 5) is 36.9. The first-order valence-corrected chi connectivity index (χ1v) is 13.3. The number of hydrogen-bond acceptors (Lipinski definition) is 5. The van der Waals surface area contributed by atoms with Gasteiger partial charge in [-0.05, 0) is 55.2 Å². The molecule has 0 unspecified atom stereocenters. The fourth-order valence-electron chi connectivity index (χ4n) is 4.86. The number of pyridine rings is 2. The number of aromatic nitrogens is 4. The molecule has 3 aromatic heterocycles. The zero-order valence-electron chi connectivity index (χ0n) is 23.4. The maximum absolute atomic E-state index is 15.9. The molecule has 1 fully saturated rings. The molecule has 1 aliphatic rings. The first-order valence-electron chi connectivity index (χ1n) is 13.0. The van der Waals surface area contributed by atoms with Crippen LogP contribution in [0.5, 0.6) is 0 Å². The second-order valence-electron chi connectivity index (χ2n) is 11.0. The van der Waals surface area contributed by atoms with Crippen molar-refractivity contribution in [2.75, 3.05) is 13.1 Å². The summed E-state index contributed by atoms with van der Waals surface area (Å²) in [5, 5.41) is 1.53. The Labute approximate surface area is 238 Å². The lowest BCUT2D eigenvalue weighted by Gasteiger charge is -2.48. The molecule has 0 atom stereocenters. The molecule has 12 heteroatoms. The quantitative estimate of drug-likeness (QED) is 0.206. The predicted molar refractivity (Wildman–Crippen MR) is 160 cm³/mol. The van der Waals surface area contributed by atoms with E-state index in [-0.39, 0.29) is 47.3 Å². The van der Waals surface area contributed by atoms with Crippen LogP contribution in [0, 0.1) is 19.3 Å². The molecule has 1 aliphatic heterocycles. The van der Waals surface area contributed by atoms with E-state index in [1.165, 1.54) is 22.8 Å². The van der Waals surface area contributed by atoms with Crippen molar-refractivity contribution < 1.29 is 8.78 Å². The van der Waals surface area contributed by atoms with Gasteiger partial charge in [0.25, 0.3) is 0 Å². The molecule has 4 heterocycles. The number of aryl methyl sites for hydroxylation is 1. The summed E-state index contributed by atoms with van der Waals surface area (Å²) >= 11 is 6.60. The fraction of sp³-hybridized carbons (Fsp3) is 0.357. The summed E-state index contributed by atoms with van der Waals surface area (Å²) in [5.74, 6) is 1.75. The van der Waals surface area contributed by atoms with Crippen LogP contribution in [-0.2, 0) is 11.8 Å². The molecule has 40 heavy (non-hydrogen) atoms. The van der Waals surface area contributed by atoms with Crippen molar-refractivity contribution in [3.8, 4) is 18.0 Å². The van der Waals surface area contributed by atoms with Crippen molar-refractivity contribution in [3.63, 3.8) is 0 Å². The van der Waals surface area contributed by atoms with Crippen LogP contribution >= 0.6 is 11.6 Å². The zero-order valence-corrected chi connectivity index (χ0v) is 24.2.